The molecule has 0 aliphatic carbocycles. The second kappa shape index (κ2) is 12.1. The molecule has 15 heteroatoms. The Balaban J connectivity index is 1.35. The Hall–Kier alpha value is -3.81. The number of carbonyl (C=O) groups is 1. The largest absolute Gasteiger partial charge is 0.464 e. The van der Waals surface area contributed by atoms with Gasteiger partial charge in [0, 0.05) is 11.8 Å². The number of aliphatic hydroxyl groups is 1. The molecule has 3 heterocycles. The first-order chi connectivity index (χ1) is 20.3. The summed E-state index contributed by atoms with van der Waals surface area (Å²) in [4.78, 5) is 35.5. The number of esters is 1. The van der Waals surface area contributed by atoms with Crippen molar-refractivity contribution >= 4 is 41.6 Å². The molecule has 0 saturated carbocycles. The molecular weight excluding hydrogens is 579 g/mol. The predicted molar refractivity (Wildman–Crippen MR) is 158 cm³/mol. The number of hydrogen-bond donors (Lipinski definition) is 4. The summed E-state index contributed by atoms with van der Waals surface area (Å²) < 4.78 is 38.8. The van der Waals surface area contributed by atoms with Gasteiger partial charge in [0.25, 0.3) is 5.56 Å². The van der Waals surface area contributed by atoms with E-state index < -0.39 is 43.8 Å². The Bertz CT molecular complexity index is 1730. The van der Waals surface area contributed by atoms with Crippen molar-refractivity contribution in [3.8, 4) is 5.75 Å². The zero-order valence-electron chi connectivity index (χ0n) is 24.2. The second-order valence-corrected chi connectivity index (χ2v) is 13.3. The average Bonchev–Trinajstić information content (AvgIpc) is 3.53. The molecule has 5 rings (SSSR count). The Morgan fingerprint density at radius 2 is 2.02 bits per heavy atom. The number of aliphatic hydroxyl groups excluding tert-OH is 1. The molecule has 2 aromatic carbocycles. The molecule has 0 bridgehead atoms. The lowest BCUT2D eigenvalue weighted by Crippen LogP contribution is -2.37. The molecule has 14 nitrogen and oxygen atoms in total. The van der Waals surface area contributed by atoms with Crippen LogP contribution in [0.15, 0.2) is 53.6 Å². The number of nitrogens with two attached hydrogens (primary N) is 1. The minimum Gasteiger partial charge on any atom is -0.464 e. The molecular formula is C28H35N6O8P. The van der Waals surface area contributed by atoms with Crippen molar-refractivity contribution in [2.75, 3.05) is 18.9 Å². The fourth-order valence-electron chi connectivity index (χ4n) is 4.56. The number of hydrogen-bond acceptors (Lipinski definition) is 11. The standard InChI is InChI=1S/C28H35N6O8P/c1-16(26(37)39-14-28(2,3)4)33-43(38,42-20-11-7-9-17-8-5-6-10-18(17)20)40-13-21-19(35)12-22(41-21)34-15-30-23-24(34)31-27(29)32-25(23)36/h5-11,15-16,19,21-22,35H,12-14H2,1-4H3,(H,33,38)(H3,29,31,32,36)/t16-,19+,21+,22+,43?/m0/s1. The van der Waals surface area contributed by atoms with Gasteiger partial charge in [0.2, 0.25) is 5.95 Å². The first-order valence-corrected chi connectivity index (χ1v) is 15.3. The monoisotopic (exact) mass is 614 g/mol. The number of rotatable bonds is 10. The number of carbonyl (C=O) groups excluding carboxylic acids is 1. The van der Waals surface area contributed by atoms with Crippen molar-refractivity contribution in [2.24, 2.45) is 5.41 Å². The first-order valence-electron chi connectivity index (χ1n) is 13.7. The van der Waals surface area contributed by atoms with Crippen LogP contribution in [0.4, 0.5) is 5.95 Å². The van der Waals surface area contributed by atoms with Crippen LogP contribution in [0, 0.1) is 5.41 Å². The van der Waals surface area contributed by atoms with Gasteiger partial charge in [0.05, 0.1) is 25.6 Å². The van der Waals surface area contributed by atoms with E-state index in [0.29, 0.717) is 5.39 Å². The predicted octanol–water partition coefficient (Wildman–Crippen LogP) is 3.27. The maximum atomic E-state index is 14.2. The van der Waals surface area contributed by atoms with Crippen molar-refractivity contribution in [1.82, 2.24) is 24.6 Å². The molecule has 1 saturated heterocycles. The van der Waals surface area contributed by atoms with E-state index in [9.17, 15) is 19.3 Å². The minimum absolute atomic E-state index is 0.0662. The number of fused-ring (bicyclic) bond motifs is 2. The van der Waals surface area contributed by atoms with E-state index in [0.717, 1.165) is 5.39 Å². The summed E-state index contributed by atoms with van der Waals surface area (Å²) in [5.41, 5.74) is 5.18. The number of H-pyrrole nitrogens is 1. The third-order valence-electron chi connectivity index (χ3n) is 6.69. The van der Waals surface area contributed by atoms with Crippen LogP contribution in [-0.4, -0.2) is 62.1 Å². The lowest BCUT2D eigenvalue weighted by Gasteiger charge is -2.26. The van der Waals surface area contributed by atoms with Crippen LogP contribution in [0.1, 0.15) is 40.3 Å². The Morgan fingerprint density at radius 1 is 1.28 bits per heavy atom. The average molecular weight is 615 g/mol. The highest BCUT2D eigenvalue weighted by Gasteiger charge is 2.40. The van der Waals surface area contributed by atoms with Crippen LogP contribution < -0.4 is 20.9 Å². The van der Waals surface area contributed by atoms with Gasteiger partial charge in [-0.25, -0.2) is 9.55 Å². The molecule has 4 aromatic rings. The number of nitrogen functional groups attached to an aromatic ring is 1. The van der Waals surface area contributed by atoms with E-state index in [1.807, 2.05) is 51.1 Å². The van der Waals surface area contributed by atoms with E-state index in [4.69, 9.17) is 24.3 Å². The summed E-state index contributed by atoms with van der Waals surface area (Å²) in [6.07, 6.45) is -1.28. The third-order valence-corrected chi connectivity index (χ3v) is 8.32. The van der Waals surface area contributed by atoms with Gasteiger partial charge in [-0.1, -0.05) is 57.2 Å². The van der Waals surface area contributed by atoms with Gasteiger partial charge in [-0.2, -0.15) is 10.1 Å². The van der Waals surface area contributed by atoms with E-state index in [1.54, 1.807) is 12.1 Å². The molecule has 230 valence electrons. The third kappa shape index (κ3) is 7.06. The molecule has 5 N–H and O–H groups in total. The molecule has 0 amide bonds. The summed E-state index contributed by atoms with van der Waals surface area (Å²) in [5, 5.41) is 15.0. The van der Waals surface area contributed by atoms with E-state index in [2.05, 4.69) is 20.0 Å². The fraction of sp³-hybridized carbons (Fsp3) is 0.429. The zero-order valence-corrected chi connectivity index (χ0v) is 25.1. The maximum absolute atomic E-state index is 14.2. The first kappa shape index (κ1) is 30.6. The van der Waals surface area contributed by atoms with E-state index in [-0.39, 0.29) is 47.9 Å². The van der Waals surface area contributed by atoms with Crippen LogP contribution in [0.3, 0.4) is 0 Å². The smallest absolute Gasteiger partial charge is 0.459 e. The molecule has 0 radical (unpaired) electrons. The number of ether oxygens (including phenoxy) is 2. The number of imidazole rings is 1. The van der Waals surface area contributed by atoms with Crippen molar-refractivity contribution in [1.29, 1.82) is 0 Å². The van der Waals surface area contributed by atoms with Crippen molar-refractivity contribution in [3.63, 3.8) is 0 Å². The Morgan fingerprint density at radius 3 is 2.79 bits per heavy atom. The Labute approximate surface area is 247 Å². The van der Waals surface area contributed by atoms with Gasteiger partial charge in [-0.15, -0.1) is 0 Å². The highest BCUT2D eigenvalue weighted by Crippen LogP contribution is 2.47. The van der Waals surface area contributed by atoms with Crippen LogP contribution in [0.5, 0.6) is 5.75 Å². The Kier molecular flexibility index (Phi) is 8.59. The van der Waals surface area contributed by atoms with Gasteiger partial charge < -0.3 is 24.8 Å². The van der Waals surface area contributed by atoms with Crippen molar-refractivity contribution in [2.45, 2.75) is 58.6 Å². The SMILES string of the molecule is C[C@H](NP(=O)(OC[C@H]1O[C@@H](n2cnc3c(=O)[nH]c(N)nc32)C[C@H]1O)Oc1cccc2ccccc12)C(=O)OCC(C)(C)C. The molecule has 1 aliphatic heterocycles. The van der Waals surface area contributed by atoms with Crippen LogP contribution in [0.25, 0.3) is 21.9 Å². The molecule has 1 aliphatic rings. The topological polar surface area (TPSA) is 193 Å². The van der Waals surface area contributed by atoms with Gasteiger partial charge in [0.1, 0.15) is 24.1 Å². The highest BCUT2D eigenvalue weighted by molar-refractivity contribution is 7.52. The molecule has 1 unspecified atom stereocenters. The lowest BCUT2D eigenvalue weighted by atomic mass is 9.99. The number of nitrogens with zero attached hydrogens (tertiary/aromatic N) is 3. The number of aromatic nitrogens is 4. The molecule has 1 fully saturated rings. The van der Waals surface area contributed by atoms with Gasteiger partial charge in [0.15, 0.2) is 11.2 Å². The van der Waals surface area contributed by atoms with Gasteiger partial charge >= 0.3 is 13.7 Å². The minimum atomic E-state index is -4.27. The summed E-state index contributed by atoms with van der Waals surface area (Å²) >= 11 is 0. The molecule has 0 spiro atoms. The summed E-state index contributed by atoms with van der Waals surface area (Å²) in [5.74, 6) is -0.453. The summed E-state index contributed by atoms with van der Waals surface area (Å²) in [6.45, 7) is 7.06. The lowest BCUT2D eigenvalue weighted by molar-refractivity contribution is -0.148. The van der Waals surface area contributed by atoms with Crippen molar-refractivity contribution < 1.29 is 33.0 Å². The molecule has 43 heavy (non-hydrogen) atoms. The number of anilines is 1. The molecule has 5 atom stereocenters. The number of nitrogens with one attached hydrogen (secondary N) is 2. The van der Waals surface area contributed by atoms with Gasteiger partial charge in [-0.3, -0.25) is 23.7 Å². The zero-order chi connectivity index (χ0) is 30.9. The number of aromatic amines is 1. The highest BCUT2D eigenvalue weighted by atomic mass is 31.2. The van der Waals surface area contributed by atoms with Gasteiger partial charge in [-0.05, 0) is 23.8 Å². The second-order valence-electron chi connectivity index (χ2n) is 11.6. The van der Waals surface area contributed by atoms with Crippen LogP contribution >= 0.6 is 7.75 Å². The van der Waals surface area contributed by atoms with E-state index in [1.165, 1.54) is 17.8 Å². The number of benzene rings is 2. The quantitative estimate of drug-likeness (QED) is 0.151. The maximum Gasteiger partial charge on any atom is 0.459 e. The summed E-state index contributed by atoms with van der Waals surface area (Å²) in [6, 6.07) is 11.6. The van der Waals surface area contributed by atoms with E-state index >= 15 is 0 Å². The normalized spacial score (nSPS) is 21.1. The van der Waals surface area contributed by atoms with Crippen LogP contribution in [0.2, 0.25) is 0 Å². The van der Waals surface area contributed by atoms with Crippen molar-refractivity contribution in [3.05, 3.63) is 59.1 Å². The fourth-order valence-corrected chi connectivity index (χ4v) is 6.08. The summed E-state index contributed by atoms with van der Waals surface area (Å²) in [7, 11) is -4.27. The molecule has 2 aromatic heterocycles. The van der Waals surface area contributed by atoms with Crippen LogP contribution in [-0.2, 0) is 23.4 Å².